The molecule has 0 aromatic heterocycles. The zero-order valence-corrected chi connectivity index (χ0v) is 30.4. The van der Waals surface area contributed by atoms with Crippen LogP contribution in [0, 0.1) is 0 Å². The molecule has 0 aliphatic carbocycles. The second-order valence-corrected chi connectivity index (χ2v) is 11.8. The number of nitrogens with one attached hydrogen (secondary N) is 2. The van der Waals surface area contributed by atoms with Gasteiger partial charge in [-0.2, -0.15) is 0 Å². The molecular formula is C42H44N2O10. The fourth-order valence-corrected chi connectivity index (χ4v) is 5.00. The average Bonchev–Trinajstić information content (AvgIpc) is 3.18. The van der Waals surface area contributed by atoms with Crippen LogP contribution in [0.15, 0.2) is 121 Å². The topological polar surface area (TPSA) is 148 Å². The van der Waals surface area contributed by atoms with E-state index in [0.29, 0.717) is 11.5 Å². The van der Waals surface area contributed by atoms with Gasteiger partial charge in [-0.1, -0.05) is 110 Å². The van der Waals surface area contributed by atoms with Gasteiger partial charge in [0.05, 0.1) is 13.1 Å². The van der Waals surface area contributed by atoms with Crippen LogP contribution < -0.4 is 20.1 Å². The Morgan fingerprint density at radius 1 is 0.463 bits per heavy atom. The molecule has 282 valence electrons. The Bertz CT molecular complexity index is 1770. The third kappa shape index (κ3) is 12.3. The molecule has 0 saturated heterocycles. The van der Waals surface area contributed by atoms with Gasteiger partial charge in [-0.05, 0) is 25.0 Å². The molecule has 12 nitrogen and oxygen atoms in total. The first kappa shape index (κ1) is 40.2. The molecule has 0 spiro atoms. The van der Waals surface area contributed by atoms with Crippen LogP contribution in [-0.2, 0) is 28.5 Å². The van der Waals surface area contributed by atoms with Crippen molar-refractivity contribution in [3.05, 3.63) is 121 Å². The number of carbonyl (C=O) groups is 4. The number of benzene rings is 4. The van der Waals surface area contributed by atoms with Gasteiger partial charge < -0.3 is 39.1 Å². The molecule has 0 bridgehead atoms. The van der Waals surface area contributed by atoms with Crippen LogP contribution in [0.5, 0.6) is 11.5 Å². The van der Waals surface area contributed by atoms with Crippen molar-refractivity contribution in [1.82, 2.24) is 10.6 Å². The summed E-state index contributed by atoms with van der Waals surface area (Å²) in [5.74, 6) is -0.0000524. The lowest BCUT2D eigenvalue weighted by molar-refractivity contribution is -0.139. The van der Waals surface area contributed by atoms with E-state index in [1.54, 1.807) is 0 Å². The van der Waals surface area contributed by atoms with Crippen molar-refractivity contribution >= 4 is 24.1 Å². The highest BCUT2D eigenvalue weighted by Crippen LogP contribution is 2.45. The van der Waals surface area contributed by atoms with Gasteiger partial charge in [0, 0.05) is 33.4 Å². The number of rotatable bonds is 19. The van der Waals surface area contributed by atoms with E-state index in [0.717, 1.165) is 33.4 Å². The van der Waals surface area contributed by atoms with E-state index in [1.165, 1.54) is 13.8 Å². The van der Waals surface area contributed by atoms with Gasteiger partial charge in [-0.15, -0.1) is 0 Å². The lowest BCUT2D eigenvalue weighted by Crippen LogP contribution is -2.29. The van der Waals surface area contributed by atoms with Crippen molar-refractivity contribution in [1.29, 1.82) is 0 Å². The molecule has 4 rings (SSSR count). The minimum atomic E-state index is -0.685. The molecule has 0 heterocycles. The largest absolute Gasteiger partial charge is 0.489 e. The average molecular weight is 737 g/mol. The molecule has 0 aliphatic rings. The molecule has 0 aliphatic heterocycles. The monoisotopic (exact) mass is 736 g/mol. The van der Waals surface area contributed by atoms with Gasteiger partial charge in [0.2, 0.25) is 0 Å². The molecule has 0 saturated carbocycles. The SMILES string of the molecule is C=C(C)C(=O)OCCNC(=O)OCCOc1c(-c2ccccc2)cccc1-c1cccc(-c2ccccc2)c1OCCOC(=O)NCCOC(=O)C(=C)C. The normalized spacial score (nSPS) is 10.3. The van der Waals surface area contributed by atoms with Crippen LogP contribution in [0.1, 0.15) is 13.8 Å². The molecule has 4 aromatic rings. The van der Waals surface area contributed by atoms with E-state index in [1.807, 2.05) is 97.1 Å². The Morgan fingerprint density at radius 2 is 0.833 bits per heavy atom. The summed E-state index contributed by atoms with van der Waals surface area (Å²) >= 11 is 0. The Balaban J connectivity index is 1.52. The molecule has 4 aromatic carbocycles. The minimum Gasteiger partial charge on any atom is -0.489 e. The quantitative estimate of drug-likeness (QED) is 0.0441. The number of para-hydroxylation sites is 2. The highest BCUT2D eigenvalue weighted by atomic mass is 16.6. The highest BCUT2D eigenvalue weighted by Gasteiger charge is 2.20. The van der Waals surface area contributed by atoms with E-state index in [9.17, 15) is 19.2 Å². The van der Waals surface area contributed by atoms with Crippen LogP contribution >= 0.6 is 0 Å². The number of ether oxygens (including phenoxy) is 6. The van der Waals surface area contributed by atoms with E-state index in [-0.39, 0.29) is 63.9 Å². The highest BCUT2D eigenvalue weighted by molar-refractivity contribution is 5.89. The molecule has 2 N–H and O–H groups in total. The predicted molar refractivity (Wildman–Crippen MR) is 204 cm³/mol. The van der Waals surface area contributed by atoms with Crippen LogP contribution in [0.2, 0.25) is 0 Å². The molecule has 0 fully saturated rings. The Hall–Kier alpha value is -6.56. The molecule has 54 heavy (non-hydrogen) atoms. The summed E-state index contributed by atoms with van der Waals surface area (Å²) in [5, 5.41) is 5.07. The molecule has 0 radical (unpaired) electrons. The summed E-state index contributed by atoms with van der Waals surface area (Å²) in [4.78, 5) is 47.7. The number of hydrogen-bond donors (Lipinski definition) is 2. The standard InChI is InChI=1S/C42H44N2O10/c1-29(2)39(45)51-23-21-43-41(47)53-27-25-49-37-33(31-13-7-5-8-14-31)17-11-19-35(37)36-20-12-18-34(32-15-9-6-10-16-32)38(36)50-26-28-54-42(48)44-22-24-52-40(46)30(3)4/h5-20H,1,3,21-28H2,2,4H3,(H,43,47)(H,44,48). The van der Waals surface area contributed by atoms with Crippen molar-refractivity contribution in [2.45, 2.75) is 13.8 Å². The van der Waals surface area contributed by atoms with Crippen LogP contribution in [0.4, 0.5) is 9.59 Å². The summed E-state index contributed by atoms with van der Waals surface area (Å²) < 4.78 is 33.4. The number of alkyl carbamates (subject to hydrolysis) is 2. The Morgan fingerprint density at radius 3 is 1.20 bits per heavy atom. The summed E-state index contributed by atoms with van der Waals surface area (Å²) in [6.45, 7) is 10.1. The van der Waals surface area contributed by atoms with Crippen LogP contribution in [-0.4, -0.2) is 76.9 Å². The maximum Gasteiger partial charge on any atom is 0.407 e. The first-order valence-corrected chi connectivity index (χ1v) is 17.2. The first-order chi connectivity index (χ1) is 26.2. The second kappa shape index (κ2) is 21.1. The molecule has 12 heteroatoms. The third-order valence-corrected chi connectivity index (χ3v) is 7.52. The number of carbonyl (C=O) groups excluding carboxylic acids is 4. The minimum absolute atomic E-state index is 0.0222. The van der Waals surface area contributed by atoms with E-state index in [4.69, 9.17) is 28.4 Å². The lowest BCUT2D eigenvalue weighted by atomic mass is 9.93. The number of esters is 2. The van der Waals surface area contributed by atoms with Crippen molar-refractivity contribution in [3.8, 4) is 44.9 Å². The van der Waals surface area contributed by atoms with Gasteiger partial charge >= 0.3 is 24.1 Å². The van der Waals surface area contributed by atoms with Gasteiger partial charge in [0.1, 0.15) is 51.1 Å². The molecule has 0 unspecified atom stereocenters. The van der Waals surface area contributed by atoms with Crippen molar-refractivity contribution in [3.63, 3.8) is 0 Å². The van der Waals surface area contributed by atoms with E-state index < -0.39 is 24.1 Å². The number of hydrogen-bond acceptors (Lipinski definition) is 10. The van der Waals surface area contributed by atoms with Crippen molar-refractivity contribution in [2.75, 3.05) is 52.7 Å². The van der Waals surface area contributed by atoms with E-state index >= 15 is 0 Å². The van der Waals surface area contributed by atoms with Gasteiger partial charge in [0.15, 0.2) is 0 Å². The second-order valence-electron chi connectivity index (χ2n) is 11.8. The summed E-state index contributed by atoms with van der Waals surface area (Å²) in [5.41, 5.74) is 5.40. The van der Waals surface area contributed by atoms with Crippen molar-refractivity contribution in [2.24, 2.45) is 0 Å². The Labute approximate surface area is 314 Å². The van der Waals surface area contributed by atoms with Gasteiger partial charge in [0.25, 0.3) is 0 Å². The Kier molecular flexibility index (Phi) is 15.7. The zero-order valence-electron chi connectivity index (χ0n) is 30.4. The summed E-state index contributed by atoms with van der Waals surface area (Å²) in [7, 11) is 0. The fourth-order valence-electron chi connectivity index (χ4n) is 5.00. The molecule has 0 atom stereocenters. The fraction of sp³-hybridized carbons (Fsp3) is 0.238. The molecule has 2 amide bonds. The van der Waals surface area contributed by atoms with Gasteiger partial charge in [-0.25, -0.2) is 19.2 Å². The summed E-state index contributed by atoms with van der Waals surface area (Å²) in [6, 6.07) is 31.1. The predicted octanol–water partition coefficient (Wildman–Crippen LogP) is 7.14. The first-order valence-electron chi connectivity index (χ1n) is 17.2. The van der Waals surface area contributed by atoms with Crippen LogP contribution in [0.3, 0.4) is 0 Å². The maximum absolute atomic E-state index is 12.3. The lowest BCUT2D eigenvalue weighted by Gasteiger charge is -2.21. The maximum atomic E-state index is 12.3. The smallest absolute Gasteiger partial charge is 0.407 e. The van der Waals surface area contributed by atoms with Crippen LogP contribution in [0.25, 0.3) is 33.4 Å². The van der Waals surface area contributed by atoms with Crippen molar-refractivity contribution < 1.29 is 47.6 Å². The molecular weight excluding hydrogens is 692 g/mol. The van der Waals surface area contributed by atoms with Gasteiger partial charge in [-0.3, -0.25) is 0 Å². The van der Waals surface area contributed by atoms with E-state index in [2.05, 4.69) is 23.8 Å². The zero-order chi connectivity index (χ0) is 38.7. The number of amides is 2. The summed E-state index contributed by atoms with van der Waals surface area (Å²) in [6.07, 6.45) is -1.37. The third-order valence-electron chi connectivity index (χ3n) is 7.52.